The zero-order valence-electron chi connectivity index (χ0n) is 13.4. The van der Waals surface area contributed by atoms with Crippen molar-refractivity contribution >= 4 is 11.8 Å². The van der Waals surface area contributed by atoms with Crippen LogP contribution >= 0.6 is 0 Å². The van der Waals surface area contributed by atoms with E-state index in [0.29, 0.717) is 12.8 Å². The third-order valence-corrected chi connectivity index (χ3v) is 5.11. The number of carbonyl (C=O) groups is 2. The van der Waals surface area contributed by atoms with Crippen molar-refractivity contribution in [1.29, 1.82) is 0 Å². The first-order valence-electron chi connectivity index (χ1n) is 8.38. The normalized spacial score (nSPS) is 25.7. The van der Waals surface area contributed by atoms with Gasteiger partial charge in [-0.15, -0.1) is 0 Å². The van der Waals surface area contributed by atoms with Crippen LogP contribution in [0.2, 0.25) is 0 Å². The van der Waals surface area contributed by atoms with Crippen LogP contribution in [0.25, 0.3) is 0 Å². The number of rotatable bonds is 3. The number of amides is 2. The second kappa shape index (κ2) is 6.69. The molecule has 1 N–H and O–H groups in total. The first kappa shape index (κ1) is 16.0. The molecule has 1 aromatic carbocycles. The van der Waals surface area contributed by atoms with E-state index in [1.54, 1.807) is 24.1 Å². The van der Waals surface area contributed by atoms with Gasteiger partial charge in [-0.25, -0.2) is 4.39 Å². The number of nitrogens with one attached hydrogen (secondary N) is 1. The minimum Gasteiger partial charge on any atom is -0.353 e. The van der Waals surface area contributed by atoms with Gasteiger partial charge >= 0.3 is 0 Å². The molecule has 2 amide bonds. The fourth-order valence-electron chi connectivity index (χ4n) is 3.81. The molecule has 2 atom stereocenters. The van der Waals surface area contributed by atoms with Gasteiger partial charge in [-0.3, -0.25) is 9.59 Å². The molecular weight excluding hydrogens is 295 g/mol. The van der Waals surface area contributed by atoms with Crippen molar-refractivity contribution in [3.8, 4) is 0 Å². The van der Waals surface area contributed by atoms with E-state index in [9.17, 15) is 14.0 Å². The van der Waals surface area contributed by atoms with Gasteiger partial charge in [-0.05, 0) is 37.0 Å². The lowest BCUT2D eigenvalue weighted by Crippen LogP contribution is -2.48. The third kappa shape index (κ3) is 3.38. The van der Waals surface area contributed by atoms with Crippen molar-refractivity contribution in [3.05, 3.63) is 35.6 Å². The van der Waals surface area contributed by atoms with E-state index in [1.165, 1.54) is 12.1 Å². The third-order valence-electron chi connectivity index (χ3n) is 5.11. The van der Waals surface area contributed by atoms with Crippen LogP contribution in [0.3, 0.4) is 0 Å². The van der Waals surface area contributed by atoms with Gasteiger partial charge in [0.2, 0.25) is 11.8 Å². The van der Waals surface area contributed by atoms with Gasteiger partial charge in [0.1, 0.15) is 5.82 Å². The summed E-state index contributed by atoms with van der Waals surface area (Å²) < 4.78 is 13.2. The number of halogens is 1. The van der Waals surface area contributed by atoms with E-state index in [4.69, 9.17) is 0 Å². The molecule has 2 fully saturated rings. The molecule has 5 heteroatoms. The first-order chi connectivity index (χ1) is 11.1. The molecule has 0 unspecified atom stereocenters. The minimum absolute atomic E-state index is 0.0191. The summed E-state index contributed by atoms with van der Waals surface area (Å²) >= 11 is 0. The Hall–Kier alpha value is -1.91. The zero-order chi connectivity index (χ0) is 16.4. The van der Waals surface area contributed by atoms with Crippen LogP contribution in [0.15, 0.2) is 24.3 Å². The minimum atomic E-state index is -0.321. The Morgan fingerprint density at radius 3 is 2.48 bits per heavy atom. The lowest BCUT2D eigenvalue weighted by atomic mass is 9.83. The SMILES string of the molecule is CN1C(=O)CC[C@@H](C(=O)NC2CCCC2)[C@H]1c1ccc(F)cc1. The monoisotopic (exact) mass is 318 g/mol. The highest BCUT2D eigenvalue weighted by molar-refractivity contribution is 5.85. The van der Waals surface area contributed by atoms with E-state index in [0.717, 1.165) is 31.2 Å². The molecule has 3 rings (SSSR count). The quantitative estimate of drug-likeness (QED) is 0.931. The average Bonchev–Trinajstić information content (AvgIpc) is 3.04. The zero-order valence-corrected chi connectivity index (χ0v) is 13.4. The van der Waals surface area contributed by atoms with E-state index in [-0.39, 0.29) is 35.6 Å². The van der Waals surface area contributed by atoms with Gasteiger partial charge in [-0.2, -0.15) is 0 Å². The van der Waals surface area contributed by atoms with Crippen molar-refractivity contribution < 1.29 is 14.0 Å². The molecular formula is C18H23FN2O2. The second-order valence-electron chi connectivity index (χ2n) is 6.64. The second-order valence-corrected chi connectivity index (χ2v) is 6.64. The Kier molecular flexibility index (Phi) is 4.64. The number of carbonyl (C=O) groups excluding carboxylic acids is 2. The number of nitrogens with zero attached hydrogens (tertiary/aromatic N) is 1. The fraction of sp³-hybridized carbons (Fsp3) is 0.556. The highest BCUT2D eigenvalue weighted by Gasteiger charge is 2.39. The summed E-state index contributed by atoms with van der Waals surface area (Å²) in [4.78, 5) is 26.4. The number of likely N-dealkylation sites (tertiary alicyclic amines) is 1. The standard InChI is InChI=1S/C18H23FN2O2/c1-21-16(22)11-10-15(18(23)20-14-4-2-3-5-14)17(21)12-6-8-13(19)9-7-12/h6-9,14-15,17H,2-5,10-11H2,1H3,(H,20,23)/t15-,17-/m1/s1. The maximum Gasteiger partial charge on any atom is 0.225 e. The number of hydrogen-bond acceptors (Lipinski definition) is 2. The summed E-state index contributed by atoms with van der Waals surface area (Å²) in [5.74, 6) is -0.538. The van der Waals surface area contributed by atoms with Crippen LogP contribution in [-0.2, 0) is 9.59 Å². The molecule has 0 aromatic heterocycles. The van der Waals surface area contributed by atoms with Gasteiger partial charge < -0.3 is 10.2 Å². The number of hydrogen-bond donors (Lipinski definition) is 1. The Balaban J connectivity index is 1.81. The molecule has 0 spiro atoms. The predicted molar refractivity (Wildman–Crippen MR) is 85.0 cm³/mol. The van der Waals surface area contributed by atoms with Crippen molar-refractivity contribution in [2.75, 3.05) is 7.05 Å². The van der Waals surface area contributed by atoms with E-state index in [2.05, 4.69) is 5.32 Å². The van der Waals surface area contributed by atoms with Crippen LogP contribution in [0.4, 0.5) is 4.39 Å². The predicted octanol–water partition coefficient (Wildman–Crippen LogP) is 2.79. The van der Waals surface area contributed by atoms with E-state index >= 15 is 0 Å². The van der Waals surface area contributed by atoms with Gasteiger partial charge in [0.05, 0.1) is 12.0 Å². The Labute approximate surface area is 136 Å². The van der Waals surface area contributed by atoms with Gasteiger partial charge in [0, 0.05) is 19.5 Å². The largest absolute Gasteiger partial charge is 0.353 e. The molecule has 4 nitrogen and oxygen atoms in total. The van der Waals surface area contributed by atoms with E-state index in [1.807, 2.05) is 0 Å². The highest BCUT2D eigenvalue weighted by Crippen LogP contribution is 2.36. The summed E-state index contributed by atoms with van der Waals surface area (Å²) in [6.45, 7) is 0. The van der Waals surface area contributed by atoms with Crippen LogP contribution in [0, 0.1) is 11.7 Å². The molecule has 1 saturated carbocycles. The van der Waals surface area contributed by atoms with Crippen molar-refractivity contribution in [2.45, 2.75) is 50.6 Å². The molecule has 2 aliphatic rings. The van der Waals surface area contributed by atoms with Crippen molar-refractivity contribution in [2.24, 2.45) is 5.92 Å². The van der Waals surface area contributed by atoms with Gasteiger partial charge in [0.25, 0.3) is 0 Å². The van der Waals surface area contributed by atoms with Crippen LogP contribution in [-0.4, -0.2) is 29.8 Å². The molecule has 1 aliphatic heterocycles. The average molecular weight is 318 g/mol. The lowest BCUT2D eigenvalue weighted by molar-refractivity contribution is -0.141. The smallest absolute Gasteiger partial charge is 0.225 e. The molecule has 0 bridgehead atoms. The van der Waals surface area contributed by atoms with Crippen LogP contribution < -0.4 is 5.32 Å². The summed E-state index contributed by atoms with van der Waals surface area (Å²) in [7, 11) is 1.73. The first-order valence-corrected chi connectivity index (χ1v) is 8.38. The molecule has 124 valence electrons. The summed E-state index contributed by atoms with van der Waals surface area (Å²) in [6.07, 6.45) is 5.33. The lowest BCUT2D eigenvalue weighted by Gasteiger charge is -2.39. The molecule has 1 saturated heterocycles. The highest BCUT2D eigenvalue weighted by atomic mass is 19.1. The topological polar surface area (TPSA) is 49.4 Å². The van der Waals surface area contributed by atoms with Gasteiger partial charge in [-0.1, -0.05) is 25.0 Å². The van der Waals surface area contributed by atoms with Crippen LogP contribution in [0.5, 0.6) is 0 Å². The molecule has 1 aromatic rings. The molecule has 1 aliphatic carbocycles. The fourth-order valence-corrected chi connectivity index (χ4v) is 3.81. The molecule has 0 radical (unpaired) electrons. The Bertz CT molecular complexity index is 581. The summed E-state index contributed by atoms with van der Waals surface area (Å²) in [6, 6.07) is 6.05. The molecule has 1 heterocycles. The Morgan fingerprint density at radius 2 is 1.83 bits per heavy atom. The number of benzene rings is 1. The summed E-state index contributed by atoms with van der Waals surface area (Å²) in [5, 5.41) is 3.14. The Morgan fingerprint density at radius 1 is 1.17 bits per heavy atom. The van der Waals surface area contributed by atoms with E-state index < -0.39 is 0 Å². The molecule has 23 heavy (non-hydrogen) atoms. The summed E-state index contributed by atoms with van der Waals surface area (Å²) in [5.41, 5.74) is 0.813. The van der Waals surface area contributed by atoms with Crippen LogP contribution in [0.1, 0.15) is 50.1 Å². The maximum atomic E-state index is 13.2. The number of piperidine rings is 1. The van der Waals surface area contributed by atoms with Crippen molar-refractivity contribution in [3.63, 3.8) is 0 Å². The maximum absolute atomic E-state index is 13.2. The van der Waals surface area contributed by atoms with Crippen molar-refractivity contribution in [1.82, 2.24) is 10.2 Å². The van der Waals surface area contributed by atoms with Gasteiger partial charge in [0.15, 0.2) is 0 Å².